The molecule has 106 valence electrons. The predicted octanol–water partition coefficient (Wildman–Crippen LogP) is 3.47. The molecule has 0 radical (unpaired) electrons. The molecule has 3 N–H and O–H groups in total. The van der Waals surface area contributed by atoms with Crippen molar-refractivity contribution in [3.05, 3.63) is 50.8 Å². The molecule has 2 rings (SSSR count). The highest BCUT2D eigenvalue weighted by atomic mass is 127. The lowest BCUT2D eigenvalue weighted by molar-refractivity contribution is 0.571. The van der Waals surface area contributed by atoms with E-state index in [4.69, 9.17) is 17.3 Å². The zero-order valence-corrected chi connectivity index (χ0v) is 13.6. The molecule has 0 bridgehead atoms. The van der Waals surface area contributed by atoms with Crippen LogP contribution in [0.25, 0.3) is 0 Å². The van der Waals surface area contributed by atoms with E-state index in [-0.39, 0.29) is 10.7 Å². The molecular formula is C12H9ClFIN2O2S. The largest absolute Gasteiger partial charge is 0.399 e. The number of halogens is 3. The van der Waals surface area contributed by atoms with Crippen molar-refractivity contribution in [2.45, 2.75) is 4.90 Å². The molecule has 0 spiro atoms. The Labute approximate surface area is 134 Å². The van der Waals surface area contributed by atoms with E-state index in [1.54, 1.807) is 24.3 Å². The van der Waals surface area contributed by atoms with Gasteiger partial charge in [0.15, 0.2) is 5.82 Å². The summed E-state index contributed by atoms with van der Waals surface area (Å²) in [5.41, 5.74) is 5.93. The lowest BCUT2D eigenvalue weighted by Crippen LogP contribution is -2.16. The van der Waals surface area contributed by atoms with Crippen LogP contribution in [0, 0.1) is 9.39 Å². The van der Waals surface area contributed by atoms with Gasteiger partial charge in [0.2, 0.25) is 0 Å². The minimum absolute atomic E-state index is 0.0690. The fourth-order valence-electron chi connectivity index (χ4n) is 1.52. The monoisotopic (exact) mass is 426 g/mol. The number of nitrogens with two attached hydrogens (primary N) is 1. The number of hydrogen-bond acceptors (Lipinski definition) is 3. The summed E-state index contributed by atoms with van der Waals surface area (Å²) in [7, 11) is -4.11. The Morgan fingerprint density at radius 2 is 1.90 bits per heavy atom. The third-order valence-corrected chi connectivity index (χ3v) is 5.01. The van der Waals surface area contributed by atoms with Crippen molar-refractivity contribution in [3.63, 3.8) is 0 Å². The van der Waals surface area contributed by atoms with Gasteiger partial charge in [-0.15, -0.1) is 0 Å². The van der Waals surface area contributed by atoms with Crippen LogP contribution < -0.4 is 10.5 Å². The van der Waals surface area contributed by atoms with Gasteiger partial charge < -0.3 is 5.73 Å². The third kappa shape index (κ3) is 3.15. The standard InChI is InChI=1S/C12H9ClFIN2O2S/c13-8-5-7(16)6-11(12(8)14)20(18,19)17-10-4-2-1-3-9(10)15/h1-6,17H,16H2. The van der Waals surface area contributed by atoms with Gasteiger partial charge in [0.05, 0.1) is 10.7 Å². The molecular weight excluding hydrogens is 418 g/mol. The van der Waals surface area contributed by atoms with Gasteiger partial charge in [-0.2, -0.15) is 0 Å². The van der Waals surface area contributed by atoms with Crippen molar-refractivity contribution < 1.29 is 12.8 Å². The molecule has 2 aromatic carbocycles. The average Bonchev–Trinajstić information content (AvgIpc) is 2.36. The lowest BCUT2D eigenvalue weighted by atomic mass is 10.3. The van der Waals surface area contributed by atoms with Gasteiger partial charge in [-0.3, -0.25) is 4.72 Å². The first kappa shape index (κ1) is 15.3. The Hall–Kier alpha value is -1.06. The molecule has 0 unspecified atom stereocenters. The van der Waals surface area contributed by atoms with Crippen molar-refractivity contribution in [2.24, 2.45) is 0 Å². The summed E-state index contributed by atoms with van der Waals surface area (Å²) in [6, 6.07) is 8.91. The average molecular weight is 427 g/mol. The lowest BCUT2D eigenvalue weighted by Gasteiger charge is -2.11. The first-order valence-corrected chi connectivity index (χ1v) is 8.27. The number of nitrogen functional groups attached to an aromatic ring is 1. The first-order chi connectivity index (χ1) is 9.31. The second-order valence-corrected chi connectivity index (χ2v) is 7.12. The van der Waals surface area contributed by atoms with Crippen molar-refractivity contribution in [2.75, 3.05) is 10.5 Å². The van der Waals surface area contributed by atoms with Gasteiger partial charge in [-0.25, -0.2) is 12.8 Å². The summed E-state index contributed by atoms with van der Waals surface area (Å²) < 4.78 is 41.3. The molecule has 0 aliphatic rings. The van der Waals surface area contributed by atoms with Gasteiger partial charge in [0, 0.05) is 9.26 Å². The summed E-state index contributed by atoms with van der Waals surface area (Å²) in [6.45, 7) is 0. The molecule has 20 heavy (non-hydrogen) atoms. The van der Waals surface area contributed by atoms with E-state index in [9.17, 15) is 12.8 Å². The second-order valence-electron chi connectivity index (χ2n) is 3.90. The molecule has 0 aliphatic heterocycles. The van der Waals surface area contributed by atoms with E-state index in [0.717, 1.165) is 12.1 Å². The summed E-state index contributed by atoms with van der Waals surface area (Å²) >= 11 is 7.58. The highest BCUT2D eigenvalue weighted by Crippen LogP contribution is 2.28. The molecule has 0 fully saturated rings. The quantitative estimate of drug-likeness (QED) is 0.583. The second kappa shape index (κ2) is 5.74. The van der Waals surface area contributed by atoms with Crippen molar-refractivity contribution in [1.29, 1.82) is 0 Å². The maximum Gasteiger partial charge on any atom is 0.264 e. The number of anilines is 2. The number of hydrogen-bond donors (Lipinski definition) is 2. The highest BCUT2D eigenvalue weighted by molar-refractivity contribution is 14.1. The zero-order valence-electron chi connectivity index (χ0n) is 9.90. The molecule has 8 heteroatoms. The molecule has 0 aromatic heterocycles. The van der Waals surface area contributed by atoms with E-state index in [1.807, 2.05) is 22.6 Å². The fourth-order valence-corrected chi connectivity index (χ4v) is 3.73. The summed E-state index contributed by atoms with van der Waals surface area (Å²) in [5.74, 6) is -1.03. The van der Waals surface area contributed by atoms with E-state index < -0.39 is 20.7 Å². The molecule has 0 aliphatic carbocycles. The number of para-hydroxylation sites is 1. The van der Waals surface area contributed by atoms with Crippen molar-refractivity contribution in [3.8, 4) is 0 Å². The van der Waals surface area contributed by atoms with E-state index in [1.165, 1.54) is 0 Å². The van der Waals surface area contributed by atoms with Crippen LogP contribution in [0.5, 0.6) is 0 Å². The molecule has 0 saturated carbocycles. The molecule has 2 aromatic rings. The van der Waals surface area contributed by atoms with Crippen LogP contribution in [0.4, 0.5) is 15.8 Å². The number of sulfonamides is 1. The van der Waals surface area contributed by atoms with E-state index in [2.05, 4.69) is 4.72 Å². The SMILES string of the molecule is Nc1cc(Cl)c(F)c(S(=O)(=O)Nc2ccccc2I)c1. The minimum Gasteiger partial charge on any atom is -0.399 e. The van der Waals surface area contributed by atoms with Crippen LogP contribution in [0.2, 0.25) is 5.02 Å². The van der Waals surface area contributed by atoms with Crippen LogP contribution in [0.3, 0.4) is 0 Å². The van der Waals surface area contributed by atoms with Gasteiger partial charge >= 0.3 is 0 Å². The van der Waals surface area contributed by atoms with Crippen LogP contribution >= 0.6 is 34.2 Å². The molecule has 0 heterocycles. The Kier molecular flexibility index (Phi) is 4.40. The number of benzene rings is 2. The zero-order chi connectivity index (χ0) is 14.9. The Morgan fingerprint density at radius 1 is 1.25 bits per heavy atom. The predicted molar refractivity (Wildman–Crippen MR) is 85.8 cm³/mol. The normalized spacial score (nSPS) is 11.3. The molecule has 0 saturated heterocycles. The van der Waals surface area contributed by atoms with Gasteiger partial charge in [-0.1, -0.05) is 23.7 Å². The topological polar surface area (TPSA) is 72.2 Å². The fraction of sp³-hybridized carbons (Fsp3) is 0. The van der Waals surface area contributed by atoms with Gasteiger partial charge in [0.1, 0.15) is 4.90 Å². The maximum atomic E-state index is 13.9. The molecule has 0 amide bonds. The van der Waals surface area contributed by atoms with E-state index >= 15 is 0 Å². The van der Waals surface area contributed by atoms with Crippen LogP contribution in [0.15, 0.2) is 41.3 Å². The molecule has 0 atom stereocenters. The highest BCUT2D eigenvalue weighted by Gasteiger charge is 2.22. The van der Waals surface area contributed by atoms with E-state index in [0.29, 0.717) is 9.26 Å². The minimum atomic E-state index is -4.11. The Bertz CT molecular complexity index is 768. The summed E-state index contributed by atoms with van der Waals surface area (Å²) in [4.78, 5) is -0.581. The summed E-state index contributed by atoms with van der Waals surface area (Å²) in [6.07, 6.45) is 0. The van der Waals surface area contributed by atoms with Gasteiger partial charge in [-0.05, 0) is 46.9 Å². The van der Waals surface area contributed by atoms with Crippen LogP contribution in [-0.2, 0) is 10.0 Å². The first-order valence-electron chi connectivity index (χ1n) is 5.33. The Morgan fingerprint density at radius 3 is 2.55 bits per heavy atom. The summed E-state index contributed by atoms with van der Waals surface area (Å²) in [5, 5.41) is -0.340. The van der Waals surface area contributed by atoms with Crippen LogP contribution in [0.1, 0.15) is 0 Å². The smallest absolute Gasteiger partial charge is 0.264 e. The molecule has 4 nitrogen and oxygen atoms in total. The third-order valence-electron chi connectivity index (χ3n) is 2.42. The number of nitrogens with one attached hydrogen (secondary N) is 1. The van der Waals surface area contributed by atoms with Crippen molar-refractivity contribution >= 4 is 55.6 Å². The maximum absolute atomic E-state index is 13.9. The van der Waals surface area contributed by atoms with Crippen LogP contribution in [-0.4, -0.2) is 8.42 Å². The number of rotatable bonds is 3. The van der Waals surface area contributed by atoms with Gasteiger partial charge in [0.25, 0.3) is 10.0 Å². The Balaban J connectivity index is 2.49. The van der Waals surface area contributed by atoms with Crippen molar-refractivity contribution in [1.82, 2.24) is 0 Å².